The molecule has 76 valence electrons. The first-order valence-electron chi connectivity index (χ1n) is 3.87. The third-order valence-electron chi connectivity index (χ3n) is 1.65. The van der Waals surface area contributed by atoms with E-state index in [1.54, 1.807) is 0 Å². The molecule has 1 aromatic rings. The van der Waals surface area contributed by atoms with E-state index in [4.69, 9.17) is 5.73 Å². The summed E-state index contributed by atoms with van der Waals surface area (Å²) in [4.78, 5) is 24.9. The molecule has 1 rings (SSSR count). The van der Waals surface area contributed by atoms with Crippen molar-refractivity contribution in [3.63, 3.8) is 0 Å². The van der Waals surface area contributed by atoms with Crippen molar-refractivity contribution >= 4 is 11.8 Å². The molecule has 0 unspecified atom stereocenters. The van der Waals surface area contributed by atoms with Crippen LogP contribution in [0.5, 0.6) is 0 Å². The van der Waals surface area contributed by atoms with Crippen molar-refractivity contribution in [3.05, 3.63) is 22.7 Å². The lowest BCUT2D eigenvalue weighted by molar-refractivity contribution is -0.439. The highest BCUT2D eigenvalue weighted by Gasteiger charge is 2.09. The predicted octanol–water partition coefficient (Wildman–Crippen LogP) is -3.81. The maximum Gasteiger partial charge on any atom is 0.349 e. The van der Waals surface area contributed by atoms with Gasteiger partial charge in [0, 0.05) is 6.20 Å². The molecule has 0 spiro atoms. The minimum atomic E-state index is -1.31. The average Bonchev–Trinajstić information content (AvgIpc) is 2.09. The molecule has 1 heterocycles. The minimum Gasteiger partial charge on any atom is -0.544 e. The van der Waals surface area contributed by atoms with E-state index in [1.807, 2.05) is 0 Å². The molecule has 0 aliphatic rings. The van der Waals surface area contributed by atoms with E-state index in [2.05, 4.69) is 10.7 Å². The Labute approximate surface area is 79.0 Å². The van der Waals surface area contributed by atoms with Gasteiger partial charge in [-0.2, -0.15) is 4.98 Å². The maximum absolute atomic E-state index is 11.1. The fraction of sp³-hybridized carbons (Fsp3) is 0.286. The number of nitrogens with two attached hydrogens (primary N) is 1. The summed E-state index contributed by atoms with van der Waals surface area (Å²) < 4.78 is 1.11. The molecule has 0 radical (unpaired) electrons. The van der Waals surface area contributed by atoms with Crippen LogP contribution < -0.4 is 22.3 Å². The maximum atomic E-state index is 11.1. The molecule has 0 bridgehead atoms. The second kappa shape index (κ2) is 3.88. The van der Waals surface area contributed by atoms with Gasteiger partial charge in [0.2, 0.25) is 0 Å². The highest BCUT2D eigenvalue weighted by atomic mass is 16.4. The normalized spacial score (nSPS) is 12.4. The van der Waals surface area contributed by atoms with Crippen molar-refractivity contribution in [3.8, 4) is 0 Å². The Morgan fingerprint density at radius 1 is 1.79 bits per heavy atom. The van der Waals surface area contributed by atoms with Gasteiger partial charge >= 0.3 is 5.69 Å². The lowest BCUT2D eigenvalue weighted by Crippen LogP contribution is -2.70. The molecule has 1 atom stereocenters. The molecule has 0 aliphatic carbocycles. The van der Waals surface area contributed by atoms with Gasteiger partial charge in [-0.25, -0.2) is 4.79 Å². The minimum absolute atomic E-state index is 0.0750. The Morgan fingerprint density at radius 2 is 2.43 bits per heavy atom. The van der Waals surface area contributed by atoms with Crippen LogP contribution in [-0.2, 0) is 11.3 Å². The van der Waals surface area contributed by atoms with Gasteiger partial charge in [0.15, 0.2) is 0 Å². The van der Waals surface area contributed by atoms with Crippen molar-refractivity contribution in [1.29, 1.82) is 0 Å². The van der Waals surface area contributed by atoms with Gasteiger partial charge in [0.25, 0.3) is 0 Å². The number of hydrogen-bond donors (Lipinski definition) is 2. The van der Waals surface area contributed by atoms with Gasteiger partial charge < -0.3 is 21.4 Å². The Morgan fingerprint density at radius 3 is 2.93 bits per heavy atom. The molecular weight excluding hydrogens is 188 g/mol. The fourth-order valence-corrected chi connectivity index (χ4v) is 0.893. The van der Waals surface area contributed by atoms with E-state index in [1.165, 1.54) is 12.3 Å². The first-order valence-corrected chi connectivity index (χ1v) is 3.87. The third kappa shape index (κ3) is 2.30. The summed E-state index contributed by atoms with van der Waals surface area (Å²) in [5.41, 5.74) is 7.97. The zero-order valence-electron chi connectivity index (χ0n) is 7.34. The van der Waals surface area contributed by atoms with Gasteiger partial charge in [-0.15, -0.1) is 0 Å². The van der Waals surface area contributed by atoms with Crippen LogP contribution in [0.2, 0.25) is 0 Å². The summed E-state index contributed by atoms with van der Waals surface area (Å²) in [7, 11) is 0. The highest BCUT2D eigenvalue weighted by molar-refractivity contribution is 5.68. The van der Waals surface area contributed by atoms with Gasteiger partial charge in [-0.05, 0) is 6.07 Å². The molecule has 0 amide bonds. The summed E-state index contributed by atoms with van der Waals surface area (Å²) in [5.74, 6) is -1.21. The number of carbonyl (C=O) groups is 1. The third-order valence-corrected chi connectivity index (χ3v) is 1.65. The molecule has 0 aromatic carbocycles. The van der Waals surface area contributed by atoms with E-state index < -0.39 is 17.7 Å². The van der Waals surface area contributed by atoms with E-state index in [0.29, 0.717) is 0 Å². The first-order chi connectivity index (χ1) is 6.50. The molecule has 0 saturated heterocycles. The van der Waals surface area contributed by atoms with Crippen LogP contribution in [0, 0.1) is 0 Å². The Hall–Kier alpha value is -1.89. The van der Waals surface area contributed by atoms with Crippen LogP contribution in [0.15, 0.2) is 17.1 Å². The number of carboxylic acids is 1. The molecule has 0 saturated carbocycles. The first kappa shape index (κ1) is 10.2. The van der Waals surface area contributed by atoms with Crippen molar-refractivity contribution < 1.29 is 15.6 Å². The van der Waals surface area contributed by atoms with Crippen LogP contribution >= 0.6 is 0 Å². The van der Waals surface area contributed by atoms with Crippen molar-refractivity contribution in [1.82, 2.24) is 9.55 Å². The number of rotatable bonds is 3. The summed E-state index contributed by atoms with van der Waals surface area (Å²) in [6, 6.07) is 0.418. The van der Waals surface area contributed by atoms with E-state index in [9.17, 15) is 14.7 Å². The molecule has 7 heteroatoms. The summed E-state index contributed by atoms with van der Waals surface area (Å²) in [6.07, 6.45) is 1.37. The molecule has 0 fully saturated rings. The fourth-order valence-electron chi connectivity index (χ4n) is 0.893. The average molecular weight is 198 g/mol. The van der Waals surface area contributed by atoms with Gasteiger partial charge in [-0.1, -0.05) is 0 Å². The largest absolute Gasteiger partial charge is 0.544 e. The van der Waals surface area contributed by atoms with Crippen LogP contribution in [0.4, 0.5) is 5.82 Å². The summed E-state index contributed by atoms with van der Waals surface area (Å²) in [6.45, 7) is -0.0750. The second-order valence-electron chi connectivity index (χ2n) is 2.80. The lowest BCUT2D eigenvalue weighted by Gasteiger charge is -2.10. The lowest BCUT2D eigenvalue weighted by atomic mass is 10.3. The van der Waals surface area contributed by atoms with Crippen LogP contribution in [0.1, 0.15) is 0 Å². The highest BCUT2D eigenvalue weighted by Crippen LogP contribution is 1.90. The number of anilines is 1. The molecule has 7 nitrogen and oxygen atoms in total. The van der Waals surface area contributed by atoms with E-state index >= 15 is 0 Å². The van der Waals surface area contributed by atoms with Crippen LogP contribution in [0.3, 0.4) is 0 Å². The summed E-state index contributed by atoms with van der Waals surface area (Å²) >= 11 is 0. The van der Waals surface area contributed by atoms with Gasteiger partial charge in [-0.3, -0.25) is 4.57 Å². The monoisotopic (exact) mass is 198 g/mol. The Bertz CT molecular complexity index is 400. The van der Waals surface area contributed by atoms with Crippen molar-refractivity contribution in [2.45, 2.75) is 12.6 Å². The molecular formula is C7H10N4O3. The standard InChI is InChI=1S/C7H10N4O3/c8-4(6(12)13)3-11-2-1-5(9)10-7(11)14/h1-2,4H,3,8H2,(H,12,13)(H2,9,10,14)/t4-/m1/s1. The molecule has 1 aromatic heterocycles. The van der Waals surface area contributed by atoms with Gasteiger partial charge in [0.05, 0.1) is 6.54 Å². The predicted molar refractivity (Wildman–Crippen MR) is 44.6 cm³/mol. The SMILES string of the molecule is Nc1ccn(C[C@@H]([NH3+])C(=O)[O-])c(=O)n1. The number of nitrogen functional groups attached to an aromatic ring is 1. The topological polar surface area (TPSA) is 129 Å². The van der Waals surface area contributed by atoms with Crippen LogP contribution in [0.25, 0.3) is 0 Å². The Kier molecular flexibility index (Phi) is 2.82. The molecule has 14 heavy (non-hydrogen) atoms. The number of aromatic nitrogens is 2. The quantitative estimate of drug-likeness (QED) is 0.514. The molecule has 5 N–H and O–H groups in total. The van der Waals surface area contributed by atoms with Crippen molar-refractivity contribution in [2.75, 3.05) is 5.73 Å². The summed E-state index contributed by atoms with van der Waals surface area (Å²) in [5, 5.41) is 10.3. The zero-order valence-corrected chi connectivity index (χ0v) is 7.34. The van der Waals surface area contributed by atoms with Crippen molar-refractivity contribution in [2.24, 2.45) is 0 Å². The smallest absolute Gasteiger partial charge is 0.349 e. The van der Waals surface area contributed by atoms with Crippen LogP contribution in [-0.4, -0.2) is 21.6 Å². The number of quaternary nitrogens is 1. The van der Waals surface area contributed by atoms with E-state index in [0.717, 1.165) is 4.57 Å². The molecule has 0 aliphatic heterocycles. The number of carboxylic acid groups (broad SMARTS) is 1. The number of nitrogens with zero attached hydrogens (tertiary/aromatic N) is 2. The number of carbonyl (C=O) groups excluding carboxylic acids is 1. The zero-order chi connectivity index (χ0) is 10.7. The Balaban J connectivity index is 2.88. The van der Waals surface area contributed by atoms with E-state index in [-0.39, 0.29) is 12.4 Å². The second-order valence-corrected chi connectivity index (χ2v) is 2.80. The number of hydrogen-bond acceptors (Lipinski definition) is 5. The van der Waals surface area contributed by atoms with Gasteiger partial charge in [0.1, 0.15) is 17.8 Å². The number of aliphatic carboxylic acids is 1.